The van der Waals surface area contributed by atoms with Gasteiger partial charge in [-0.05, 0) is 24.5 Å². The molecule has 1 aliphatic rings. The van der Waals surface area contributed by atoms with Crippen LogP contribution in [0.1, 0.15) is 20.3 Å². The number of ether oxygens (including phenoxy) is 1. The zero-order valence-electron chi connectivity index (χ0n) is 15.2. The zero-order valence-corrected chi connectivity index (χ0v) is 16.0. The summed E-state index contributed by atoms with van der Waals surface area (Å²) in [5.41, 5.74) is 0.391. The van der Waals surface area contributed by atoms with E-state index < -0.39 is 5.76 Å². The Balaban J connectivity index is 1.91. The lowest BCUT2D eigenvalue weighted by Gasteiger charge is -2.35. The molecular weight excluding hydrogens is 360 g/mol. The highest BCUT2D eigenvalue weighted by Crippen LogP contribution is 2.31. The number of amides is 2. The van der Waals surface area contributed by atoms with Gasteiger partial charge in [0.25, 0.3) is 5.76 Å². The number of hydrogen-bond donors (Lipinski definition) is 2. The predicted molar refractivity (Wildman–Crippen MR) is 101 cm³/mol. The zero-order chi connectivity index (χ0) is 18.9. The van der Waals surface area contributed by atoms with E-state index in [4.69, 9.17) is 4.74 Å². The van der Waals surface area contributed by atoms with E-state index in [1.54, 1.807) is 24.3 Å². The number of halogens is 2. The molecule has 0 saturated carbocycles. The summed E-state index contributed by atoms with van der Waals surface area (Å²) in [6.07, 6.45) is 0.970. The first-order valence-corrected chi connectivity index (χ1v) is 9.74. The highest BCUT2D eigenvalue weighted by Gasteiger charge is 2.22. The van der Waals surface area contributed by atoms with Gasteiger partial charge in [0, 0.05) is 30.6 Å². The van der Waals surface area contributed by atoms with Crippen molar-refractivity contribution in [2.45, 2.75) is 37.0 Å². The van der Waals surface area contributed by atoms with Gasteiger partial charge in [-0.3, -0.25) is 4.90 Å². The van der Waals surface area contributed by atoms with Gasteiger partial charge in [-0.1, -0.05) is 37.7 Å². The second-order valence-electron chi connectivity index (χ2n) is 6.64. The molecule has 0 aromatic heterocycles. The smallest absolute Gasteiger partial charge is 0.319 e. The summed E-state index contributed by atoms with van der Waals surface area (Å²) in [7, 11) is 0. The minimum absolute atomic E-state index is 0.232. The number of morpholine rings is 1. The highest BCUT2D eigenvalue weighted by molar-refractivity contribution is 7.99. The number of rotatable bonds is 8. The molecule has 1 atom stereocenters. The van der Waals surface area contributed by atoms with E-state index in [1.807, 2.05) is 0 Å². The van der Waals surface area contributed by atoms with Crippen molar-refractivity contribution in [2.75, 3.05) is 38.2 Å². The molecule has 1 aromatic rings. The van der Waals surface area contributed by atoms with E-state index in [-0.39, 0.29) is 12.1 Å². The first-order chi connectivity index (χ1) is 12.5. The monoisotopic (exact) mass is 387 g/mol. The molecule has 2 N–H and O–H groups in total. The van der Waals surface area contributed by atoms with Crippen molar-refractivity contribution in [3.05, 3.63) is 24.3 Å². The molecule has 0 spiro atoms. The number of nitrogens with one attached hydrogen (secondary N) is 2. The number of nitrogens with zero attached hydrogens (tertiary/aromatic N) is 1. The Labute approximate surface area is 157 Å². The van der Waals surface area contributed by atoms with Crippen LogP contribution in [0, 0.1) is 5.92 Å². The first-order valence-electron chi connectivity index (χ1n) is 8.86. The van der Waals surface area contributed by atoms with Crippen molar-refractivity contribution in [2.24, 2.45) is 5.92 Å². The van der Waals surface area contributed by atoms with Gasteiger partial charge in [0.2, 0.25) is 0 Å². The van der Waals surface area contributed by atoms with E-state index in [2.05, 4.69) is 29.4 Å². The first kappa shape index (κ1) is 20.9. The van der Waals surface area contributed by atoms with Crippen LogP contribution in [0.15, 0.2) is 29.2 Å². The second-order valence-corrected chi connectivity index (χ2v) is 7.67. The molecule has 5 nitrogen and oxygen atoms in total. The molecule has 1 unspecified atom stereocenters. The molecule has 8 heteroatoms. The number of urea groups is 1. The van der Waals surface area contributed by atoms with E-state index in [0.29, 0.717) is 48.0 Å². The van der Waals surface area contributed by atoms with Crippen LogP contribution in [-0.4, -0.2) is 55.6 Å². The third kappa shape index (κ3) is 7.09. The average Bonchev–Trinajstić information content (AvgIpc) is 2.60. The molecular formula is C18H27F2N3O2S. The predicted octanol–water partition coefficient (Wildman–Crippen LogP) is 3.87. The van der Waals surface area contributed by atoms with Gasteiger partial charge < -0.3 is 15.4 Å². The fraction of sp³-hybridized carbons (Fsp3) is 0.611. The van der Waals surface area contributed by atoms with Crippen molar-refractivity contribution in [1.29, 1.82) is 0 Å². The van der Waals surface area contributed by atoms with E-state index in [9.17, 15) is 13.6 Å². The van der Waals surface area contributed by atoms with E-state index >= 15 is 0 Å². The van der Waals surface area contributed by atoms with E-state index in [0.717, 1.165) is 19.5 Å². The van der Waals surface area contributed by atoms with Gasteiger partial charge in [0.1, 0.15) is 0 Å². The van der Waals surface area contributed by atoms with Crippen LogP contribution in [0.5, 0.6) is 0 Å². The number of benzene rings is 1. The number of carbonyl (C=O) groups is 1. The summed E-state index contributed by atoms with van der Waals surface area (Å²) in [6, 6.07) is 6.43. The van der Waals surface area contributed by atoms with Crippen LogP contribution >= 0.6 is 11.8 Å². The van der Waals surface area contributed by atoms with E-state index in [1.165, 1.54) is 0 Å². The molecule has 1 aromatic carbocycles. The fourth-order valence-corrected chi connectivity index (χ4v) is 3.59. The molecule has 1 aliphatic heterocycles. The number of thioether (sulfide) groups is 1. The van der Waals surface area contributed by atoms with Crippen molar-refractivity contribution >= 4 is 23.5 Å². The summed E-state index contributed by atoms with van der Waals surface area (Å²) in [5, 5.41) is 5.57. The Morgan fingerprint density at radius 1 is 1.27 bits per heavy atom. The van der Waals surface area contributed by atoms with Gasteiger partial charge >= 0.3 is 6.03 Å². The van der Waals surface area contributed by atoms with Gasteiger partial charge in [-0.2, -0.15) is 8.78 Å². The third-order valence-electron chi connectivity index (χ3n) is 4.16. The molecule has 26 heavy (non-hydrogen) atoms. The summed E-state index contributed by atoms with van der Waals surface area (Å²) in [4.78, 5) is 15.0. The Bertz CT molecular complexity index is 569. The van der Waals surface area contributed by atoms with Crippen molar-refractivity contribution in [3.63, 3.8) is 0 Å². The number of alkyl halides is 2. The summed E-state index contributed by atoms with van der Waals surface area (Å²) in [5.74, 6) is -2.02. The Hall–Kier alpha value is -1.38. The standard InChI is InChI=1S/C18H27F2N3O2S/c1-13(2)11-14(23-7-9-25-10-8-23)12-21-18(24)22-15-5-3-4-6-16(15)26-17(19)20/h3-6,13-14,17H,7-12H2,1-2H3,(H2,21,22,24). The number of carbonyl (C=O) groups excluding carboxylic acids is 1. The van der Waals surface area contributed by atoms with Crippen LogP contribution < -0.4 is 10.6 Å². The quantitative estimate of drug-likeness (QED) is 0.665. The molecule has 0 bridgehead atoms. The van der Waals surface area contributed by atoms with Crippen LogP contribution in [0.2, 0.25) is 0 Å². The molecule has 0 aliphatic carbocycles. The molecule has 1 fully saturated rings. The summed E-state index contributed by atoms with van der Waals surface area (Å²) < 4.78 is 30.7. The highest BCUT2D eigenvalue weighted by atomic mass is 32.2. The third-order valence-corrected chi connectivity index (χ3v) is 4.94. The van der Waals surface area contributed by atoms with Crippen molar-refractivity contribution < 1.29 is 18.3 Å². The van der Waals surface area contributed by atoms with Crippen LogP contribution in [-0.2, 0) is 4.74 Å². The minimum atomic E-state index is -2.53. The molecule has 2 rings (SSSR count). The average molecular weight is 387 g/mol. The maximum absolute atomic E-state index is 12.6. The maximum Gasteiger partial charge on any atom is 0.319 e. The number of hydrogen-bond acceptors (Lipinski definition) is 4. The van der Waals surface area contributed by atoms with Crippen LogP contribution in [0.4, 0.5) is 19.3 Å². The number of anilines is 1. The second kappa shape index (κ2) is 10.7. The van der Waals surface area contributed by atoms with Crippen LogP contribution in [0.3, 0.4) is 0 Å². The summed E-state index contributed by atoms with van der Waals surface area (Å²) >= 11 is 0.425. The van der Waals surface area contributed by atoms with Crippen molar-refractivity contribution in [1.82, 2.24) is 10.2 Å². The fourth-order valence-electron chi connectivity index (χ4n) is 2.99. The maximum atomic E-state index is 12.6. The largest absolute Gasteiger partial charge is 0.379 e. The molecule has 1 saturated heterocycles. The summed E-state index contributed by atoms with van der Waals surface area (Å²) in [6.45, 7) is 7.95. The van der Waals surface area contributed by atoms with Gasteiger partial charge in [-0.15, -0.1) is 0 Å². The van der Waals surface area contributed by atoms with Gasteiger partial charge in [-0.25, -0.2) is 4.79 Å². The normalized spacial score (nSPS) is 16.7. The van der Waals surface area contributed by atoms with Crippen LogP contribution in [0.25, 0.3) is 0 Å². The number of para-hydroxylation sites is 1. The lowest BCUT2D eigenvalue weighted by atomic mass is 10.0. The Kier molecular flexibility index (Phi) is 8.61. The lowest BCUT2D eigenvalue weighted by Crippen LogP contribution is -2.49. The van der Waals surface area contributed by atoms with Gasteiger partial charge in [0.15, 0.2) is 0 Å². The minimum Gasteiger partial charge on any atom is -0.379 e. The van der Waals surface area contributed by atoms with Gasteiger partial charge in [0.05, 0.1) is 18.9 Å². The molecule has 2 amide bonds. The molecule has 0 radical (unpaired) electrons. The van der Waals surface area contributed by atoms with Crippen molar-refractivity contribution in [3.8, 4) is 0 Å². The topological polar surface area (TPSA) is 53.6 Å². The Morgan fingerprint density at radius 3 is 2.62 bits per heavy atom. The molecule has 146 valence electrons. The lowest BCUT2D eigenvalue weighted by molar-refractivity contribution is 0.0130. The SMILES string of the molecule is CC(C)CC(CNC(=O)Nc1ccccc1SC(F)F)N1CCOCC1. The Morgan fingerprint density at radius 2 is 1.96 bits per heavy atom. The molecule has 1 heterocycles.